The number of nitrogens with two attached hydrogens (primary N) is 1. The van der Waals surface area contributed by atoms with Gasteiger partial charge in [-0.15, -0.1) is 0 Å². The predicted octanol–water partition coefficient (Wildman–Crippen LogP) is -0.727. The Morgan fingerprint density at radius 1 is 1.64 bits per heavy atom. The molecule has 0 radical (unpaired) electrons. The minimum atomic E-state index is -3.07. The van der Waals surface area contributed by atoms with Gasteiger partial charge in [0.15, 0.2) is 0 Å². The Balaban J connectivity index is 2.43. The normalized spacial score (nSPS) is 21.6. The van der Waals surface area contributed by atoms with Gasteiger partial charge in [-0.1, -0.05) is 0 Å². The first-order valence-electron chi connectivity index (χ1n) is 3.70. The summed E-state index contributed by atoms with van der Waals surface area (Å²) >= 11 is 0. The summed E-state index contributed by atoms with van der Waals surface area (Å²) in [5.41, 5.74) is 5.39. The summed E-state index contributed by atoms with van der Waals surface area (Å²) in [4.78, 5) is 0. The van der Waals surface area contributed by atoms with E-state index < -0.39 is 10.0 Å². The van der Waals surface area contributed by atoms with Crippen molar-refractivity contribution in [2.45, 2.75) is 18.9 Å². The SMILES string of the molecule is CS(=O)(=O)NC(CN)C1CC1. The van der Waals surface area contributed by atoms with Gasteiger partial charge in [0.1, 0.15) is 0 Å². The molecule has 0 amide bonds. The van der Waals surface area contributed by atoms with Crippen molar-refractivity contribution in [1.29, 1.82) is 0 Å². The molecular formula is C6H14N2O2S. The highest BCUT2D eigenvalue weighted by atomic mass is 32.2. The molecule has 1 aliphatic rings. The molecule has 1 fully saturated rings. The fourth-order valence-electron chi connectivity index (χ4n) is 1.11. The van der Waals surface area contributed by atoms with Crippen LogP contribution < -0.4 is 10.5 Å². The van der Waals surface area contributed by atoms with Crippen molar-refractivity contribution in [3.05, 3.63) is 0 Å². The number of hydrogen-bond donors (Lipinski definition) is 2. The summed E-state index contributed by atoms with van der Waals surface area (Å²) in [6, 6.07) is -0.0370. The molecule has 1 unspecified atom stereocenters. The summed E-state index contributed by atoms with van der Waals surface area (Å²) in [6.45, 7) is 0.401. The molecule has 1 aliphatic carbocycles. The van der Waals surface area contributed by atoms with Crippen LogP contribution in [0.2, 0.25) is 0 Å². The highest BCUT2D eigenvalue weighted by Crippen LogP contribution is 2.32. The van der Waals surface area contributed by atoms with Crippen LogP contribution in [0.3, 0.4) is 0 Å². The first-order valence-corrected chi connectivity index (χ1v) is 5.59. The summed E-state index contributed by atoms with van der Waals surface area (Å²) in [5.74, 6) is 0.481. The first-order chi connectivity index (χ1) is 5.03. The van der Waals surface area contributed by atoms with Crippen molar-refractivity contribution >= 4 is 10.0 Å². The predicted molar refractivity (Wildman–Crippen MR) is 43.5 cm³/mol. The van der Waals surface area contributed by atoms with E-state index in [-0.39, 0.29) is 6.04 Å². The highest BCUT2D eigenvalue weighted by Gasteiger charge is 2.31. The van der Waals surface area contributed by atoms with E-state index in [1.807, 2.05) is 0 Å². The van der Waals surface area contributed by atoms with Crippen LogP contribution in [0.4, 0.5) is 0 Å². The largest absolute Gasteiger partial charge is 0.329 e. The molecule has 0 aliphatic heterocycles. The third kappa shape index (κ3) is 3.18. The van der Waals surface area contributed by atoms with E-state index in [0.717, 1.165) is 19.1 Å². The fourth-order valence-corrected chi connectivity index (χ4v) is 1.95. The van der Waals surface area contributed by atoms with Crippen LogP contribution in [-0.4, -0.2) is 27.3 Å². The van der Waals surface area contributed by atoms with Gasteiger partial charge in [-0.3, -0.25) is 0 Å². The van der Waals surface area contributed by atoms with Gasteiger partial charge in [0.05, 0.1) is 6.26 Å². The lowest BCUT2D eigenvalue weighted by Crippen LogP contribution is -2.41. The Kier molecular flexibility index (Phi) is 2.51. The van der Waals surface area contributed by atoms with E-state index in [1.165, 1.54) is 0 Å². The monoisotopic (exact) mass is 178 g/mol. The quantitative estimate of drug-likeness (QED) is 0.596. The first kappa shape index (κ1) is 8.96. The Morgan fingerprint density at radius 2 is 2.18 bits per heavy atom. The van der Waals surface area contributed by atoms with Gasteiger partial charge >= 0.3 is 0 Å². The number of sulfonamides is 1. The molecule has 1 atom stereocenters. The summed E-state index contributed by atoms with van der Waals surface area (Å²) in [6.07, 6.45) is 3.37. The molecule has 11 heavy (non-hydrogen) atoms. The molecule has 66 valence electrons. The zero-order chi connectivity index (χ0) is 8.48. The molecule has 3 N–H and O–H groups in total. The lowest BCUT2D eigenvalue weighted by Gasteiger charge is -2.13. The zero-order valence-electron chi connectivity index (χ0n) is 6.58. The Hall–Kier alpha value is -0.130. The van der Waals surface area contributed by atoms with Crippen molar-refractivity contribution in [3.63, 3.8) is 0 Å². The zero-order valence-corrected chi connectivity index (χ0v) is 7.39. The molecule has 0 bridgehead atoms. The minimum absolute atomic E-state index is 0.0370. The molecule has 4 nitrogen and oxygen atoms in total. The standard InChI is InChI=1S/C6H14N2O2S/c1-11(9,10)8-6(4-7)5-2-3-5/h5-6,8H,2-4,7H2,1H3. The number of hydrogen-bond acceptors (Lipinski definition) is 3. The molecule has 0 heterocycles. The number of nitrogens with one attached hydrogen (secondary N) is 1. The third-order valence-corrected chi connectivity index (χ3v) is 2.54. The second-order valence-corrected chi connectivity index (χ2v) is 4.85. The lowest BCUT2D eigenvalue weighted by atomic mass is 10.2. The van der Waals surface area contributed by atoms with Gasteiger partial charge in [0.2, 0.25) is 10.0 Å². The molecule has 1 saturated carbocycles. The van der Waals surface area contributed by atoms with E-state index >= 15 is 0 Å². The highest BCUT2D eigenvalue weighted by molar-refractivity contribution is 7.88. The smallest absolute Gasteiger partial charge is 0.209 e. The summed E-state index contributed by atoms with van der Waals surface area (Å²) in [7, 11) is -3.07. The van der Waals surface area contributed by atoms with Gasteiger partial charge in [0, 0.05) is 12.6 Å². The molecular weight excluding hydrogens is 164 g/mol. The Labute approximate surface area is 67.2 Å². The van der Waals surface area contributed by atoms with Gasteiger partial charge in [-0.2, -0.15) is 0 Å². The second-order valence-electron chi connectivity index (χ2n) is 3.07. The summed E-state index contributed by atoms with van der Waals surface area (Å²) < 4.78 is 24.0. The van der Waals surface area contributed by atoms with Crippen molar-refractivity contribution in [2.24, 2.45) is 11.7 Å². The molecule has 0 aromatic heterocycles. The van der Waals surface area contributed by atoms with Crippen molar-refractivity contribution in [1.82, 2.24) is 4.72 Å². The molecule has 5 heteroatoms. The van der Waals surface area contributed by atoms with Gasteiger partial charge in [-0.25, -0.2) is 13.1 Å². The van der Waals surface area contributed by atoms with Crippen LogP contribution in [0.1, 0.15) is 12.8 Å². The van der Waals surface area contributed by atoms with Crippen LogP contribution in [0.15, 0.2) is 0 Å². The van der Waals surface area contributed by atoms with E-state index in [2.05, 4.69) is 4.72 Å². The second kappa shape index (κ2) is 3.08. The Morgan fingerprint density at radius 3 is 2.45 bits per heavy atom. The topological polar surface area (TPSA) is 72.2 Å². The van der Waals surface area contributed by atoms with Crippen molar-refractivity contribution in [3.8, 4) is 0 Å². The van der Waals surface area contributed by atoms with Crippen molar-refractivity contribution < 1.29 is 8.42 Å². The van der Waals surface area contributed by atoms with Crippen LogP contribution in [0.25, 0.3) is 0 Å². The molecule has 1 rings (SSSR count). The minimum Gasteiger partial charge on any atom is -0.329 e. The Bertz CT molecular complexity index is 221. The van der Waals surface area contributed by atoms with Crippen molar-refractivity contribution in [2.75, 3.05) is 12.8 Å². The van der Waals surface area contributed by atoms with E-state index in [1.54, 1.807) is 0 Å². The third-order valence-electron chi connectivity index (χ3n) is 1.81. The van der Waals surface area contributed by atoms with E-state index in [9.17, 15) is 8.42 Å². The molecule has 0 aromatic rings. The fraction of sp³-hybridized carbons (Fsp3) is 1.00. The number of rotatable bonds is 4. The maximum absolute atomic E-state index is 10.8. The van der Waals surface area contributed by atoms with Gasteiger partial charge < -0.3 is 5.73 Å². The lowest BCUT2D eigenvalue weighted by molar-refractivity contribution is 0.523. The maximum Gasteiger partial charge on any atom is 0.209 e. The van der Waals surface area contributed by atoms with E-state index in [0.29, 0.717) is 12.5 Å². The molecule has 0 spiro atoms. The summed E-state index contributed by atoms with van der Waals surface area (Å²) in [5, 5.41) is 0. The molecule has 0 aromatic carbocycles. The average Bonchev–Trinajstić information content (AvgIpc) is 2.61. The van der Waals surface area contributed by atoms with Crippen LogP contribution in [-0.2, 0) is 10.0 Å². The average molecular weight is 178 g/mol. The maximum atomic E-state index is 10.8. The van der Waals surface area contributed by atoms with E-state index in [4.69, 9.17) is 5.73 Å². The van der Waals surface area contributed by atoms with Crippen LogP contribution in [0, 0.1) is 5.92 Å². The van der Waals surface area contributed by atoms with Gasteiger partial charge in [-0.05, 0) is 18.8 Å². The van der Waals surface area contributed by atoms with Crippen LogP contribution >= 0.6 is 0 Å². The van der Waals surface area contributed by atoms with Gasteiger partial charge in [0.25, 0.3) is 0 Å². The molecule has 0 saturated heterocycles. The van der Waals surface area contributed by atoms with Crippen LogP contribution in [0.5, 0.6) is 0 Å².